The average Bonchev–Trinajstić information content (AvgIpc) is 3.57. The summed E-state index contributed by atoms with van der Waals surface area (Å²) in [5, 5.41) is 10.1. The van der Waals surface area contributed by atoms with Gasteiger partial charge in [-0.1, -0.05) is 79.9 Å². The van der Waals surface area contributed by atoms with Gasteiger partial charge in [-0.2, -0.15) is 0 Å². The lowest BCUT2D eigenvalue weighted by atomic mass is 10.0. The Morgan fingerprint density at radius 1 is 0.647 bits per heavy atom. The van der Waals surface area contributed by atoms with Crippen molar-refractivity contribution in [2.45, 2.75) is 13.8 Å². The molecule has 162 valence electrons. The normalized spacial score (nSPS) is 14.4. The van der Waals surface area contributed by atoms with E-state index in [-0.39, 0.29) is 0 Å². The summed E-state index contributed by atoms with van der Waals surface area (Å²) in [7, 11) is 0. The highest BCUT2D eigenvalue weighted by Crippen LogP contribution is 2.43. The van der Waals surface area contributed by atoms with Crippen LogP contribution in [0.15, 0.2) is 73.8 Å². The molecule has 0 radical (unpaired) electrons. The molecule has 0 aliphatic rings. The van der Waals surface area contributed by atoms with Crippen LogP contribution in [0.2, 0.25) is 0 Å². The van der Waals surface area contributed by atoms with Gasteiger partial charge in [-0.05, 0) is 32.0 Å². The third-order valence-corrected chi connectivity index (χ3v) is 7.47. The second-order valence-electron chi connectivity index (χ2n) is 8.90. The van der Waals surface area contributed by atoms with Crippen molar-refractivity contribution in [2.24, 2.45) is 0 Å². The van der Waals surface area contributed by atoms with Gasteiger partial charge in [-0.3, -0.25) is 0 Å². The molecule has 0 N–H and O–H groups in total. The molecule has 0 aliphatic carbocycles. The van der Waals surface area contributed by atoms with E-state index in [0.29, 0.717) is 0 Å². The van der Waals surface area contributed by atoms with Crippen molar-refractivity contribution in [2.75, 3.05) is 0 Å². The van der Waals surface area contributed by atoms with Crippen molar-refractivity contribution in [3.05, 3.63) is 95.2 Å². The van der Waals surface area contributed by atoms with Crippen LogP contribution in [-0.2, 0) is 0 Å². The number of rotatable bonds is 2. The van der Waals surface area contributed by atoms with E-state index < -0.39 is 0 Å². The van der Waals surface area contributed by atoms with Gasteiger partial charge in [-0.15, -0.1) is 0 Å². The van der Waals surface area contributed by atoms with Crippen LogP contribution in [0.1, 0.15) is 19.4 Å². The van der Waals surface area contributed by atoms with Crippen LogP contribution in [0.5, 0.6) is 0 Å². The van der Waals surface area contributed by atoms with Crippen molar-refractivity contribution in [1.29, 1.82) is 0 Å². The molecule has 0 atom stereocenters. The molecule has 0 fully saturated rings. The molecule has 7 aromatic rings. The molecular weight excluding hydrogens is 412 g/mol. The fourth-order valence-corrected chi connectivity index (χ4v) is 6.30. The first-order valence-electron chi connectivity index (χ1n) is 11.8. The number of aromatic nitrogens is 2. The van der Waals surface area contributed by atoms with E-state index >= 15 is 0 Å². The predicted octanol–water partition coefficient (Wildman–Crippen LogP) is 6.17. The summed E-state index contributed by atoms with van der Waals surface area (Å²) in [6.07, 6.45) is 10.4. The Labute approximate surface area is 196 Å². The number of nitrogens with zero attached hydrogens (tertiary/aromatic N) is 2. The molecule has 3 aromatic carbocycles. The molecule has 0 spiro atoms. The Morgan fingerprint density at radius 3 is 2.12 bits per heavy atom. The number of benzene rings is 3. The predicted molar refractivity (Wildman–Crippen MR) is 149 cm³/mol. The minimum absolute atomic E-state index is 1.19. The van der Waals surface area contributed by atoms with Crippen molar-refractivity contribution < 1.29 is 0 Å². The van der Waals surface area contributed by atoms with Gasteiger partial charge in [0.2, 0.25) is 0 Å². The lowest BCUT2D eigenvalue weighted by molar-refractivity contribution is 1.21. The zero-order valence-electron chi connectivity index (χ0n) is 19.4. The molecule has 0 unspecified atom stereocenters. The topological polar surface area (TPSA) is 8.82 Å². The summed E-state index contributed by atoms with van der Waals surface area (Å²) in [4.78, 5) is 0. The maximum Gasteiger partial charge on any atom is 0.0620 e. The SMILES string of the molecule is C=CC=c1c(=CC)n2c(c(C=C)c3c4c5cccc6c7ccccc7n(c4ccc32)c65)/c1=C\C. The first kappa shape index (κ1) is 19.2. The monoisotopic (exact) mass is 436 g/mol. The average molecular weight is 437 g/mol. The first-order valence-corrected chi connectivity index (χ1v) is 11.8. The van der Waals surface area contributed by atoms with Crippen molar-refractivity contribution >= 4 is 78.8 Å². The number of allylic oxidation sites excluding steroid dienone is 1. The van der Waals surface area contributed by atoms with Crippen molar-refractivity contribution in [1.82, 2.24) is 8.80 Å². The maximum absolute atomic E-state index is 4.28. The van der Waals surface area contributed by atoms with E-state index in [1.807, 2.05) is 12.2 Å². The zero-order valence-corrected chi connectivity index (χ0v) is 19.4. The Bertz CT molecular complexity index is 2160. The van der Waals surface area contributed by atoms with E-state index in [2.05, 4.69) is 109 Å². The fourth-order valence-electron chi connectivity index (χ4n) is 6.30. The van der Waals surface area contributed by atoms with Crippen LogP contribution in [-0.4, -0.2) is 8.80 Å². The van der Waals surface area contributed by atoms with E-state index in [4.69, 9.17) is 0 Å². The number of fused-ring (bicyclic) bond motifs is 10. The van der Waals surface area contributed by atoms with Crippen LogP contribution >= 0.6 is 0 Å². The molecule has 0 bridgehead atoms. The smallest absolute Gasteiger partial charge is 0.0620 e. The van der Waals surface area contributed by atoms with Crippen LogP contribution in [0, 0.1) is 0 Å². The number of hydrogen-bond acceptors (Lipinski definition) is 0. The highest BCUT2D eigenvalue weighted by Gasteiger charge is 2.22. The minimum Gasteiger partial charge on any atom is -0.308 e. The van der Waals surface area contributed by atoms with E-state index in [0.717, 1.165) is 0 Å². The highest BCUT2D eigenvalue weighted by molar-refractivity contribution is 6.30. The molecule has 4 aromatic heterocycles. The van der Waals surface area contributed by atoms with Gasteiger partial charge in [0.1, 0.15) is 0 Å². The van der Waals surface area contributed by atoms with Crippen LogP contribution in [0.25, 0.3) is 78.8 Å². The molecule has 0 saturated carbocycles. The summed E-state index contributed by atoms with van der Waals surface area (Å²) in [6, 6.07) is 20.0. The van der Waals surface area contributed by atoms with Gasteiger partial charge >= 0.3 is 0 Å². The molecule has 0 aliphatic heterocycles. The van der Waals surface area contributed by atoms with Gasteiger partial charge in [0.05, 0.1) is 27.6 Å². The van der Waals surface area contributed by atoms with Gasteiger partial charge < -0.3 is 8.80 Å². The van der Waals surface area contributed by atoms with Gasteiger partial charge in [-0.25, -0.2) is 0 Å². The zero-order chi connectivity index (χ0) is 23.1. The lowest BCUT2D eigenvalue weighted by Crippen LogP contribution is -2.34. The van der Waals surface area contributed by atoms with Gasteiger partial charge in [0.15, 0.2) is 0 Å². The van der Waals surface area contributed by atoms with Crippen LogP contribution < -0.4 is 15.8 Å². The Balaban J connectivity index is 1.87. The summed E-state index contributed by atoms with van der Waals surface area (Å²) in [5.41, 5.74) is 7.44. The highest BCUT2D eigenvalue weighted by atomic mass is 14.9. The molecule has 34 heavy (non-hydrogen) atoms. The fraction of sp³-hybridized carbons (Fsp3) is 0.0625. The van der Waals surface area contributed by atoms with Crippen molar-refractivity contribution in [3.63, 3.8) is 0 Å². The third kappa shape index (κ3) is 2.03. The summed E-state index contributed by atoms with van der Waals surface area (Å²) < 4.78 is 4.85. The Kier molecular flexibility index (Phi) is 3.73. The standard InChI is InChI=1S/C32H24N2/c1-5-12-21-19(6-2)31-20(7-3)29-27(33(31)25(21)8-4)17-18-28-30(29)24-15-11-14-23-22-13-9-10-16-26(22)34(28)32(23)24/h5-18H,1,3H2,2,4H3/b19-6-,21-12?,25-8?. The lowest BCUT2D eigenvalue weighted by Gasteiger charge is -2.01. The molecule has 2 heteroatoms. The van der Waals surface area contributed by atoms with Crippen LogP contribution in [0.3, 0.4) is 0 Å². The summed E-state index contributed by atoms with van der Waals surface area (Å²) >= 11 is 0. The molecule has 0 saturated heterocycles. The largest absolute Gasteiger partial charge is 0.308 e. The summed E-state index contributed by atoms with van der Waals surface area (Å²) in [5.74, 6) is 0. The van der Waals surface area contributed by atoms with E-state index in [1.165, 1.54) is 75.9 Å². The maximum atomic E-state index is 4.28. The first-order chi connectivity index (χ1) is 16.7. The summed E-state index contributed by atoms with van der Waals surface area (Å²) in [6.45, 7) is 12.5. The molecule has 7 rings (SSSR count). The van der Waals surface area contributed by atoms with E-state index in [1.54, 1.807) is 0 Å². The number of hydrogen-bond donors (Lipinski definition) is 0. The second kappa shape index (κ2) is 6.61. The Morgan fingerprint density at radius 2 is 1.38 bits per heavy atom. The van der Waals surface area contributed by atoms with Crippen molar-refractivity contribution in [3.8, 4) is 0 Å². The molecule has 4 heterocycles. The molecule has 0 amide bonds. The van der Waals surface area contributed by atoms with Crippen LogP contribution in [0.4, 0.5) is 0 Å². The molecular formula is C32H24N2. The minimum atomic E-state index is 1.19. The third-order valence-electron chi connectivity index (χ3n) is 7.47. The van der Waals surface area contributed by atoms with Gasteiger partial charge in [0.25, 0.3) is 0 Å². The Hall–Kier alpha value is -4.30. The van der Waals surface area contributed by atoms with Gasteiger partial charge in [0, 0.05) is 48.3 Å². The number of para-hydroxylation sites is 2. The quantitative estimate of drug-likeness (QED) is 0.306. The second-order valence-corrected chi connectivity index (χ2v) is 8.90. The molecule has 2 nitrogen and oxygen atoms in total. The van der Waals surface area contributed by atoms with E-state index in [9.17, 15) is 0 Å².